The van der Waals surface area contributed by atoms with Crippen molar-refractivity contribution >= 4 is 57.6 Å². The maximum Gasteiger partial charge on any atom is 0.142 e. The predicted octanol–water partition coefficient (Wildman–Crippen LogP) is 2.99. The Morgan fingerprint density at radius 3 is 2.14 bits per heavy atom. The fraction of sp³-hybridized carbons (Fsp3) is 0.250. The van der Waals surface area contributed by atoms with Gasteiger partial charge in [0.2, 0.25) is 0 Å². The van der Waals surface area contributed by atoms with E-state index in [0.717, 1.165) is 0 Å². The first-order valence-corrected chi connectivity index (χ1v) is 5.71. The van der Waals surface area contributed by atoms with Gasteiger partial charge in [0.1, 0.15) is 12.4 Å². The van der Waals surface area contributed by atoms with Gasteiger partial charge in [0.25, 0.3) is 0 Å². The Bertz CT molecular complexity index is 301. The second-order valence-electron chi connectivity index (χ2n) is 2.59. The quantitative estimate of drug-likeness (QED) is 0.691. The van der Waals surface area contributed by atoms with E-state index in [1.807, 2.05) is 45.2 Å². The Hall–Kier alpha value is 0.660. The van der Waals surface area contributed by atoms with Crippen LogP contribution >= 0.6 is 57.6 Å². The summed E-state index contributed by atoms with van der Waals surface area (Å²) < 4.78 is 13.6. The molecule has 80 valence electrons. The van der Waals surface area contributed by atoms with E-state index in [9.17, 15) is 9.50 Å². The molecule has 0 amide bonds. The third kappa shape index (κ3) is 3.35. The number of hydrogen-bond acceptors (Lipinski definition) is 2. The van der Waals surface area contributed by atoms with Crippen LogP contribution < -0.4 is 5.73 Å². The molecule has 1 rings (SSSR count). The molecule has 0 unspecified atom stereocenters. The first-order valence-electron chi connectivity index (χ1n) is 3.55. The summed E-state index contributed by atoms with van der Waals surface area (Å²) in [6, 6.07) is 2.80. The van der Waals surface area contributed by atoms with Crippen molar-refractivity contribution < 1.29 is 9.50 Å². The van der Waals surface area contributed by atoms with Crippen molar-refractivity contribution in [3.63, 3.8) is 0 Å². The Balaban J connectivity index is 0.00000169. The molecule has 0 aliphatic carbocycles. The Kier molecular flexibility index (Phi) is 6.58. The van der Waals surface area contributed by atoms with E-state index in [-0.39, 0.29) is 18.2 Å². The van der Waals surface area contributed by atoms with E-state index >= 15 is 0 Å². The summed E-state index contributed by atoms with van der Waals surface area (Å²) in [4.78, 5) is 0. The minimum absolute atomic E-state index is 0. The second kappa shape index (κ2) is 6.29. The van der Waals surface area contributed by atoms with Crippen molar-refractivity contribution in [3.8, 4) is 5.75 Å². The molecule has 0 fully saturated rings. The van der Waals surface area contributed by atoms with Crippen molar-refractivity contribution in [1.82, 2.24) is 0 Å². The summed E-state index contributed by atoms with van der Waals surface area (Å²) >= 11 is 3.98. The lowest BCUT2D eigenvalue weighted by molar-refractivity contribution is 0.435. The third-order valence-corrected chi connectivity index (χ3v) is 3.28. The SMILES string of the molecule is Cl.N[C@@H](CF)c1cc(I)c(O)c(I)c1. The summed E-state index contributed by atoms with van der Waals surface area (Å²) in [5, 5.41) is 9.44. The van der Waals surface area contributed by atoms with Crippen LogP contribution in [0.2, 0.25) is 0 Å². The van der Waals surface area contributed by atoms with Crippen LogP contribution in [0.4, 0.5) is 4.39 Å². The number of phenolic OH excluding ortho intramolecular Hbond substituents is 1. The molecule has 0 heterocycles. The molecule has 0 radical (unpaired) electrons. The van der Waals surface area contributed by atoms with Gasteiger partial charge in [-0.1, -0.05) is 0 Å². The number of hydrogen-bond donors (Lipinski definition) is 2. The molecule has 0 saturated carbocycles. The first-order chi connectivity index (χ1) is 6.06. The van der Waals surface area contributed by atoms with Gasteiger partial charge in [-0.2, -0.15) is 0 Å². The van der Waals surface area contributed by atoms with Crippen molar-refractivity contribution in [3.05, 3.63) is 24.8 Å². The highest BCUT2D eigenvalue weighted by atomic mass is 127. The largest absolute Gasteiger partial charge is 0.506 e. The first kappa shape index (κ1) is 14.7. The molecule has 1 aromatic carbocycles. The van der Waals surface area contributed by atoms with Gasteiger partial charge in [-0.3, -0.25) is 0 Å². The highest BCUT2D eigenvalue weighted by molar-refractivity contribution is 14.1. The lowest BCUT2D eigenvalue weighted by atomic mass is 10.1. The molecule has 0 bridgehead atoms. The van der Waals surface area contributed by atoms with E-state index in [1.54, 1.807) is 12.1 Å². The molecule has 0 aliphatic heterocycles. The Morgan fingerprint density at radius 1 is 1.36 bits per heavy atom. The molecule has 2 nitrogen and oxygen atoms in total. The van der Waals surface area contributed by atoms with E-state index in [2.05, 4.69) is 0 Å². The van der Waals surface area contributed by atoms with Gasteiger partial charge in [-0.05, 0) is 62.9 Å². The molecule has 3 N–H and O–H groups in total. The number of phenols is 1. The molecule has 0 spiro atoms. The van der Waals surface area contributed by atoms with Crippen LogP contribution in [-0.4, -0.2) is 11.8 Å². The monoisotopic (exact) mass is 443 g/mol. The molecular formula is C8H9ClFI2NO. The smallest absolute Gasteiger partial charge is 0.142 e. The van der Waals surface area contributed by atoms with Crippen LogP contribution in [0.5, 0.6) is 5.75 Å². The molecule has 0 saturated heterocycles. The molecule has 1 atom stereocenters. The van der Waals surface area contributed by atoms with Crippen LogP contribution in [0.15, 0.2) is 12.1 Å². The lowest BCUT2D eigenvalue weighted by Gasteiger charge is -2.09. The fourth-order valence-corrected chi connectivity index (χ4v) is 2.70. The Labute approximate surface area is 115 Å². The van der Waals surface area contributed by atoms with Crippen LogP contribution in [-0.2, 0) is 0 Å². The highest BCUT2D eigenvalue weighted by Crippen LogP contribution is 2.29. The lowest BCUT2D eigenvalue weighted by Crippen LogP contribution is -2.12. The fourth-order valence-electron chi connectivity index (χ4n) is 0.888. The van der Waals surface area contributed by atoms with Gasteiger partial charge >= 0.3 is 0 Å². The zero-order chi connectivity index (χ0) is 10.0. The third-order valence-electron chi connectivity index (χ3n) is 1.63. The maximum absolute atomic E-state index is 12.2. The van der Waals surface area contributed by atoms with Crippen LogP contribution in [0.25, 0.3) is 0 Å². The van der Waals surface area contributed by atoms with E-state index in [4.69, 9.17) is 5.73 Å². The van der Waals surface area contributed by atoms with Crippen molar-refractivity contribution in [2.24, 2.45) is 5.73 Å². The molecule has 1 aromatic rings. The molecule has 6 heteroatoms. The predicted molar refractivity (Wildman–Crippen MR) is 73.7 cm³/mol. The number of rotatable bonds is 2. The number of benzene rings is 1. The van der Waals surface area contributed by atoms with Crippen LogP contribution in [0.3, 0.4) is 0 Å². The number of nitrogens with two attached hydrogens (primary N) is 1. The molecule has 14 heavy (non-hydrogen) atoms. The van der Waals surface area contributed by atoms with Crippen molar-refractivity contribution in [2.75, 3.05) is 6.67 Å². The highest BCUT2D eigenvalue weighted by Gasteiger charge is 2.10. The zero-order valence-corrected chi connectivity index (χ0v) is 12.1. The second-order valence-corrected chi connectivity index (χ2v) is 4.92. The normalized spacial score (nSPS) is 12.0. The standard InChI is InChI=1S/C8H8FI2NO.ClH/c9-3-7(12)4-1-5(10)8(13)6(11)2-4;/h1-2,7,13H,3,12H2;1H/t7-;/m0./s1. The average Bonchev–Trinajstić information content (AvgIpc) is 2.12. The van der Waals surface area contributed by atoms with Crippen LogP contribution in [0.1, 0.15) is 11.6 Å². The van der Waals surface area contributed by atoms with E-state index in [0.29, 0.717) is 12.7 Å². The van der Waals surface area contributed by atoms with Gasteiger partial charge in [-0.15, -0.1) is 12.4 Å². The molecule has 0 aromatic heterocycles. The van der Waals surface area contributed by atoms with Crippen LogP contribution in [0, 0.1) is 7.14 Å². The van der Waals surface area contributed by atoms with Crippen molar-refractivity contribution in [1.29, 1.82) is 0 Å². The summed E-state index contributed by atoms with van der Waals surface area (Å²) in [6.07, 6.45) is 0. The van der Waals surface area contributed by atoms with Gasteiger partial charge in [-0.25, -0.2) is 4.39 Å². The molecular weight excluding hydrogens is 434 g/mol. The van der Waals surface area contributed by atoms with E-state index < -0.39 is 12.7 Å². The number of alkyl halides is 1. The number of halogens is 4. The van der Waals surface area contributed by atoms with E-state index in [1.165, 1.54) is 0 Å². The summed E-state index contributed by atoms with van der Waals surface area (Å²) in [5.41, 5.74) is 6.24. The Morgan fingerprint density at radius 2 is 1.79 bits per heavy atom. The topological polar surface area (TPSA) is 46.2 Å². The average molecular weight is 443 g/mol. The summed E-state index contributed by atoms with van der Waals surface area (Å²) in [5.74, 6) is 0.232. The van der Waals surface area contributed by atoms with Crippen molar-refractivity contribution in [2.45, 2.75) is 6.04 Å². The van der Waals surface area contributed by atoms with Gasteiger partial charge in [0.15, 0.2) is 0 Å². The minimum Gasteiger partial charge on any atom is -0.506 e. The number of aromatic hydroxyl groups is 1. The van der Waals surface area contributed by atoms with Gasteiger partial charge in [0.05, 0.1) is 13.2 Å². The zero-order valence-electron chi connectivity index (χ0n) is 7.01. The summed E-state index contributed by atoms with van der Waals surface area (Å²) in [7, 11) is 0. The van der Waals surface area contributed by atoms with Gasteiger partial charge < -0.3 is 10.8 Å². The molecule has 0 aliphatic rings. The van der Waals surface area contributed by atoms with Gasteiger partial charge in [0, 0.05) is 0 Å². The minimum atomic E-state index is -0.595. The summed E-state index contributed by atoms with van der Waals surface area (Å²) in [6.45, 7) is -0.586. The maximum atomic E-state index is 12.2.